The largest absolute Gasteiger partial charge is 0.546 e. The average molecular weight is 324 g/mol. The van der Waals surface area contributed by atoms with E-state index in [1.807, 2.05) is 10.6 Å². The van der Waals surface area contributed by atoms with E-state index in [1.165, 1.54) is 24.3 Å². The molecule has 0 saturated carbocycles. The highest BCUT2D eigenvalue weighted by Crippen LogP contribution is 2.26. The summed E-state index contributed by atoms with van der Waals surface area (Å²) in [6.07, 6.45) is 1.23. The van der Waals surface area contributed by atoms with Gasteiger partial charge in [-0.2, -0.15) is 0 Å². The quantitative estimate of drug-likeness (QED) is 0.553. The first kappa shape index (κ1) is 15.5. The van der Waals surface area contributed by atoms with Crippen LogP contribution in [0.15, 0.2) is 23.8 Å². The van der Waals surface area contributed by atoms with Gasteiger partial charge in [0.05, 0.1) is 11.0 Å². The van der Waals surface area contributed by atoms with Gasteiger partial charge in [-0.25, -0.2) is 4.79 Å². The standard InChI is InChI=1S/C13H9ClN2O6/c14-8-4-6(1-2-9(8)22-5-10(17)18)3-7-11(19)15-13(21)16-12(7)20/h1-4H,5H2,(H,17,18)(H2,15,16,19,20,21)/p-1. The summed E-state index contributed by atoms with van der Waals surface area (Å²) in [6, 6.07) is 3.31. The van der Waals surface area contributed by atoms with Crippen molar-refractivity contribution in [2.24, 2.45) is 0 Å². The Kier molecular flexibility index (Phi) is 4.42. The molecule has 1 aliphatic rings. The number of benzene rings is 1. The van der Waals surface area contributed by atoms with Crippen LogP contribution in [0.3, 0.4) is 0 Å². The second kappa shape index (κ2) is 6.27. The fraction of sp³-hybridized carbons (Fsp3) is 0.0769. The number of amides is 4. The van der Waals surface area contributed by atoms with Crippen LogP contribution >= 0.6 is 11.6 Å². The lowest BCUT2D eigenvalue weighted by Gasteiger charge is -2.14. The van der Waals surface area contributed by atoms with Crippen molar-refractivity contribution in [2.75, 3.05) is 6.61 Å². The zero-order valence-corrected chi connectivity index (χ0v) is 11.6. The molecule has 114 valence electrons. The molecule has 1 fully saturated rings. The van der Waals surface area contributed by atoms with Crippen LogP contribution in [0.4, 0.5) is 4.79 Å². The predicted molar refractivity (Wildman–Crippen MR) is 71.6 cm³/mol. The van der Waals surface area contributed by atoms with Gasteiger partial charge in [0, 0.05) is 0 Å². The molecular formula is C13H8ClN2O6-. The van der Waals surface area contributed by atoms with Gasteiger partial charge in [0.2, 0.25) is 0 Å². The molecule has 1 aliphatic heterocycles. The minimum absolute atomic E-state index is 0.0864. The fourth-order valence-corrected chi connectivity index (χ4v) is 1.88. The number of barbiturate groups is 1. The first-order valence-corrected chi connectivity index (χ1v) is 6.25. The first-order chi connectivity index (χ1) is 10.4. The van der Waals surface area contributed by atoms with Crippen molar-refractivity contribution in [1.29, 1.82) is 0 Å². The van der Waals surface area contributed by atoms with Crippen LogP contribution < -0.4 is 20.5 Å². The Bertz CT molecular complexity index is 690. The third kappa shape index (κ3) is 3.61. The molecule has 8 nitrogen and oxygen atoms in total. The number of carboxylic acids is 1. The SMILES string of the molecule is O=C([O-])COc1ccc(C=C2C(=O)NC(=O)NC2=O)cc1Cl. The van der Waals surface area contributed by atoms with Crippen molar-refractivity contribution in [1.82, 2.24) is 10.6 Å². The lowest BCUT2D eigenvalue weighted by atomic mass is 10.1. The molecular weight excluding hydrogens is 316 g/mol. The van der Waals surface area contributed by atoms with Crippen molar-refractivity contribution in [3.8, 4) is 5.75 Å². The fourth-order valence-electron chi connectivity index (χ4n) is 1.63. The summed E-state index contributed by atoms with van der Waals surface area (Å²) >= 11 is 5.90. The Morgan fingerprint density at radius 1 is 1.23 bits per heavy atom. The molecule has 1 saturated heterocycles. The summed E-state index contributed by atoms with van der Waals surface area (Å²) in [7, 11) is 0. The van der Waals surface area contributed by atoms with E-state index in [0.717, 1.165) is 0 Å². The number of ether oxygens (including phenoxy) is 1. The molecule has 22 heavy (non-hydrogen) atoms. The smallest absolute Gasteiger partial charge is 0.328 e. The van der Waals surface area contributed by atoms with Gasteiger partial charge in [-0.1, -0.05) is 17.7 Å². The Balaban J connectivity index is 2.23. The molecule has 0 spiro atoms. The summed E-state index contributed by atoms with van der Waals surface area (Å²) < 4.78 is 4.88. The summed E-state index contributed by atoms with van der Waals surface area (Å²) in [4.78, 5) is 44.3. The number of nitrogens with one attached hydrogen (secondary N) is 2. The third-order valence-electron chi connectivity index (χ3n) is 2.56. The third-order valence-corrected chi connectivity index (χ3v) is 2.85. The topological polar surface area (TPSA) is 125 Å². The van der Waals surface area contributed by atoms with Gasteiger partial charge in [-0.15, -0.1) is 0 Å². The number of carbonyl (C=O) groups is 4. The molecule has 0 bridgehead atoms. The van der Waals surface area contributed by atoms with Crippen molar-refractivity contribution in [2.45, 2.75) is 0 Å². The number of urea groups is 1. The minimum atomic E-state index is -1.40. The Labute approximate surface area is 128 Å². The van der Waals surface area contributed by atoms with Crippen LogP contribution in [0.1, 0.15) is 5.56 Å². The average Bonchev–Trinajstić information content (AvgIpc) is 2.41. The maximum absolute atomic E-state index is 11.6. The van der Waals surface area contributed by atoms with E-state index in [2.05, 4.69) is 0 Å². The van der Waals surface area contributed by atoms with Crippen LogP contribution in [0, 0.1) is 0 Å². The summed E-state index contributed by atoms with van der Waals surface area (Å²) in [5, 5.41) is 14.3. The molecule has 4 amide bonds. The molecule has 1 heterocycles. The van der Waals surface area contributed by atoms with E-state index in [0.29, 0.717) is 5.56 Å². The second-order valence-corrected chi connectivity index (χ2v) is 4.55. The van der Waals surface area contributed by atoms with Gasteiger partial charge in [0.1, 0.15) is 17.9 Å². The number of hydrogen-bond donors (Lipinski definition) is 2. The van der Waals surface area contributed by atoms with Crippen LogP contribution in [0.2, 0.25) is 5.02 Å². The monoisotopic (exact) mass is 323 g/mol. The normalized spacial score (nSPS) is 14.2. The lowest BCUT2D eigenvalue weighted by Crippen LogP contribution is -2.51. The zero-order valence-electron chi connectivity index (χ0n) is 10.8. The van der Waals surface area contributed by atoms with Crippen LogP contribution in [-0.4, -0.2) is 30.4 Å². The van der Waals surface area contributed by atoms with Gasteiger partial charge in [0.25, 0.3) is 11.8 Å². The molecule has 0 unspecified atom stereocenters. The van der Waals surface area contributed by atoms with Gasteiger partial charge < -0.3 is 14.6 Å². The molecule has 2 rings (SSSR count). The lowest BCUT2D eigenvalue weighted by molar-refractivity contribution is -0.307. The Morgan fingerprint density at radius 2 is 1.86 bits per heavy atom. The summed E-state index contributed by atoms with van der Waals surface area (Å²) in [5.74, 6) is -2.95. The van der Waals surface area contributed by atoms with E-state index in [4.69, 9.17) is 16.3 Å². The van der Waals surface area contributed by atoms with Gasteiger partial charge >= 0.3 is 6.03 Å². The van der Waals surface area contributed by atoms with Crippen molar-refractivity contribution >= 4 is 41.5 Å². The number of carbonyl (C=O) groups excluding carboxylic acids is 4. The highest BCUT2D eigenvalue weighted by molar-refractivity contribution is 6.33. The number of rotatable bonds is 4. The number of halogens is 1. The van der Waals surface area contributed by atoms with Gasteiger partial charge in [-0.3, -0.25) is 20.2 Å². The molecule has 0 aromatic heterocycles. The highest BCUT2D eigenvalue weighted by Gasteiger charge is 2.27. The van der Waals surface area contributed by atoms with Crippen LogP contribution in [-0.2, 0) is 14.4 Å². The first-order valence-electron chi connectivity index (χ1n) is 5.87. The van der Waals surface area contributed by atoms with E-state index >= 15 is 0 Å². The molecule has 0 radical (unpaired) electrons. The number of hydrogen-bond acceptors (Lipinski definition) is 6. The number of imide groups is 2. The van der Waals surface area contributed by atoms with Gasteiger partial charge in [-0.05, 0) is 23.8 Å². The molecule has 2 N–H and O–H groups in total. The molecule has 1 aromatic carbocycles. The zero-order chi connectivity index (χ0) is 16.3. The Morgan fingerprint density at radius 3 is 2.41 bits per heavy atom. The summed E-state index contributed by atoms with van der Waals surface area (Å²) in [6.45, 7) is -0.660. The molecule has 0 atom stereocenters. The van der Waals surface area contributed by atoms with E-state index < -0.39 is 30.4 Å². The minimum Gasteiger partial charge on any atom is -0.546 e. The van der Waals surface area contributed by atoms with Crippen LogP contribution in [0.25, 0.3) is 6.08 Å². The van der Waals surface area contributed by atoms with E-state index in [-0.39, 0.29) is 16.3 Å². The maximum atomic E-state index is 11.6. The van der Waals surface area contributed by atoms with Gasteiger partial charge in [0.15, 0.2) is 0 Å². The van der Waals surface area contributed by atoms with Crippen LogP contribution in [0.5, 0.6) is 5.75 Å². The summed E-state index contributed by atoms with van der Waals surface area (Å²) in [5.41, 5.74) is 0.125. The molecule has 9 heteroatoms. The number of carboxylic acid groups (broad SMARTS) is 1. The molecule has 0 aliphatic carbocycles. The van der Waals surface area contributed by atoms with E-state index in [9.17, 15) is 24.3 Å². The maximum Gasteiger partial charge on any atom is 0.328 e. The Hall–Kier alpha value is -2.87. The van der Waals surface area contributed by atoms with Crippen molar-refractivity contribution in [3.63, 3.8) is 0 Å². The highest BCUT2D eigenvalue weighted by atomic mass is 35.5. The predicted octanol–water partition coefficient (Wildman–Crippen LogP) is -0.782. The number of aliphatic carboxylic acids is 1. The second-order valence-electron chi connectivity index (χ2n) is 4.15. The molecule has 1 aromatic rings. The van der Waals surface area contributed by atoms with Crippen molar-refractivity contribution in [3.05, 3.63) is 34.4 Å². The van der Waals surface area contributed by atoms with Crippen molar-refractivity contribution < 1.29 is 29.0 Å². The van der Waals surface area contributed by atoms with E-state index in [1.54, 1.807) is 0 Å².